The molecule has 0 unspecified atom stereocenters. The molecule has 0 fully saturated rings. The van der Waals surface area contributed by atoms with E-state index in [4.69, 9.17) is 19.8 Å². The molecule has 0 aliphatic rings. The summed E-state index contributed by atoms with van der Waals surface area (Å²) in [7, 11) is 0. The predicted octanol–water partition coefficient (Wildman–Crippen LogP) is -1.04. The number of rotatable bonds is 2. The number of carboxylic acids is 2. The van der Waals surface area contributed by atoms with E-state index in [1.165, 1.54) is 0 Å². The zero-order chi connectivity index (χ0) is 8.57. The second kappa shape index (κ2) is 7.32. The highest BCUT2D eigenvalue weighted by Gasteiger charge is 2.01. The lowest BCUT2D eigenvalue weighted by atomic mass is 10.5. The number of hydrogen-bond donors (Lipinski definition) is 2. The van der Waals surface area contributed by atoms with Gasteiger partial charge in [0.15, 0.2) is 0 Å². The lowest BCUT2D eigenvalue weighted by molar-refractivity contribution is -0.191. The summed E-state index contributed by atoms with van der Waals surface area (Å²) in [5.74, 6) is -2.62. The lowest BCUT2D eigenvalue weighted by Gasteiger charge is -1.80. The van der Waals surface area contributed by atoms with E-state index >= 15 is 0 Å². The van der Waals surface area contributed by atoms with Gasteiger partial charge in [-0.1, -0.05) is 0 Å². The molecule has 10 heavy (non-hydrogen) atoms. The van der Waals surface area contributed by atoms with Gasteiger partial charge < -0.3 is 10.2 Å². The van der Waals surface area contributed by atoms with Crippen LogP contribution in [0.25, 0.3) is 0 Å². The van der Waals surface area contributed by atoms with Crippen molar-refractivity contribution < 1.29 is 29.4 Å². The Hall–Kier alpha value is -1.68. The van der Waals surface area contributed by atoms with Gasteiger partial charge in [0.1, 0.15) is 6.42 Å². The zero-order valence-corrected chi connectivity index (χ0v) is 4.73. The van der Waals surface area contributed by atoms with Crippen molar-refractivity contribution in [2.24, 2.45) is 0 Å². The van der Waals surface area contributed by atoms with Crippen LogP contribution in [-0.2, 0) is 19.2 Å². The second-order valence-electron chi connectivity index (χ2n) is 1.05. The smallest absolute Gasteiger partial charge is 0.373 e. The summed E-state index contributed by atoms with van der Waals surface area (Å²) in [5, 5.41) is 15.4. The van der Waals surface area contributed by atoms with Crippen molar-refractivity contribution in [2.45, 2.75) is 6.42 Å². The van der Waals surface area contributed by atoms with E-state index < -0.39 is 18.4 Å². The Morgan fingerprint density at radius 2 is 1.30 bits per heavy atom. The molecule has 6 nitrogen and oxygen atoms in total. The molecule has 2 N–H and O–H groups in total. The van der Waals surface area contributed by atoms with E-state index in [1.54, 1.807) is 0 Å². The summed E-state index contributed by atoms with van der Waals surface area (Å²) in [4.78, 5) is 35.1. The van der Waals surface area contributed by atoms with E-state index in [1.807, 2.05) is 0 Å². The molecule has 0 saturated heterocycles. The van der Waals surface area contributed by atoms with Crippen LogP contribution < -0.4 is 0 Å². The number of hydrogen-bond acceptors (Lipinski definition) is 4. The molecule has 0 rings (SSSR count). The number of carbonyl (C=O) groups excluding carboxylic acids is 2. The highest BCUT2D eigenvalue weighted by atomic mass is 16.4. The molecule has 0 aliphatic carbocycles. The van der Waals surface area contributed by atoms with E-state index in [-0.39, 0.29) is 6.15 Å². The van der Waals surface area contributed by atoms with Crippen LogP contribution in [0, 0.1) is 0 Å². The van der Waals surface area contributed by atoms with Crippen LogP contribution in [0.15, 0.2) is 0 Å². The van der Waals surface area contributed by atoms with Crippen LogP contribution in [0.5, 0.6) is 0 Å². The number of aliphatic carboxylic acids is 2. The van der Waals surface area contributed by atoms with Crippen molar-refractivity contribution in [1.29, 1.82) is 0 Å². The quantitative estimate of drug-likeness (QED) is 0.484. The highest BCUT2D eigenvalue weighted by molar-refractivity contribution is 5.88. The largest absolute Gasteiger partial charge is 0.481 e. The Morgan fingerprint density at radius 1 is 1.10 bits per heavy atom. The van der Waals surface area contributed by atoms with Gasteiger partial charge in [0, 0.05) is 0 Å². The molecule has 0 amide bonds. The first kappa shape index (κ1) is 11.2. The van der Waals surface area contributed by atoms with Crippen LogP contribution in [0.3, 0.4) is 0 Å². The van der Waals surface area contributed by atoms with E-state index in [2.05, 4.69) is 0 Å². The van der Waals surface area contributed by atoms with Crippen molar-refractivity contribution in [3.05, 3.63) is 0 Å². The molecule has 0 atom stereocenters. The Bertz CT molecular complexity index is 141. The van der Waals surface area contributed by atoms with Crippen LogP contribution in [0.2, 0.25) is 0 Å². The molecule has 0 heterocycles. The maximum Gasteiger partial charge on any atom is 0.373 e. The normalized spacial score (nSPS) is 6.40. The SMILES string of the molecule is O=C(O)CC(=O)O.O=C=O. The maximum atomic E-state index is 9.43. The van der Waals surface area contributed by atoms with Crippen molar-refractivity contribution in [3.8, 4) is 0 Å². The first-order valence-electron chi connectivity index (χ1n) is 1.97. The van der Waals surface area contributed by atoms with Crippen LogP contribution in [0.4, 0.5) is 0 Å². The fourth-order valence-electron chi connectivity index (χ4n) is 0.129. The highest BCUT2D eigenvalue weighted by Crippen LogP contribution is 1.74. The maximum absolute atomic E-state index is 9.43. The zero-order valence-electron chi connectivity index (χ0n) is 4.73. The van der Waals surface area contributed by atoms with Crippen molar-refractivity contribution in [3.63, 3.8) is 0 Å². The second-order valence-corrected chi connectivity index (χ2v) is 1.05. The van der Waals surface area contributed by atoms with Crippen LogP contribution >= 0.6 is 0 Å². The van der Waals surface area contributed by atoms with Gasteiger partial charge in [-0.2, -0.15) is 9.59 Å². The summed E-state index contributed by atoms with van der Waals surface area (Å²) < 4.78 is 0. The minimum atomic E-state index is -1.31. The fraction of sp³-hybridized carbons (Fsp3) is 0.250. The molecule has 0 radical (unpaired) electrons. The molecule has 0 aromatic heterocycles. The number of carboxylic acid groups (broad SMARTS) is 2. The van der Waals surface area contributed by atoms with Crippen molar-refractivity contribution in [2.75, 3.05) is 0 Å². The van der Waals surface area contributed by atoms with E-state index in [9.17, 15) is 9.59 Å². The minimum Gasteiger partial charge on any atom is -0.481 e. The Kier molecular flexibility index (Phi) is 8.17. The molecule has 56 valence electrons. The molecule has 0 aromatic carbocycles. The van der Waals surface area contributed by atoms with Gasteiger partial charge in [-0.15, -0.1) is 0 Å². The van der Waals surface area contributed by atoms with Crippen molar-refractivity contribution in [1.82, 2.24) is 0 Å². The minimum absolute atomic E-state index is 0.250. The third kappa shape index (κ3) is 33.2. The molecule has 6 heteroatoms. The van der Waals surface area contributed by atoms with Gasteiger partial charge in [0.25, 0.3) is 0 Å². The molecule has 0 aromatic rings. The summed E-state index contributed by atoms with van der Waals surface area (Å²) in [6.07, 6.45) is -0.556. The first-order valence-corrected chi connectivity index (χ1v) is 1.97. The third-order valence-electron chi connectivity index (χ3n) is 0.302. The van der Waals surface area contributed by atoms with Gasteiger partial charge in [-0.25, -0.2) is 0 Å². The average Bonchev–Trinajstić information content (AvgIpc) is 1.62. The summed E-state index contributed by atoms with van der Waals surface area (Å²) in [6, 6.07) is 0. The Labute approximate surface area is 55.1 Å². The van der Waals surface area contributed by atoms with Gasteiger partial charge >= 0.3 is 18.1 Å². The summed E-state index contributed by atoms with van der Waals surface area (Å²) in [5.41, 5.74) is 0. The van der Waals surface area contributed by atoms with Gasteiger partial charge in [-0.05, 0) is 0 Å². The standard InChI is InChI=1S/C3H4O4.CO2/c4-2(5)1-3(6)7;2-1-3/h1H2,(H,4,5)(H,6,7);. The topological polar surface area (TPSA) is 109 Å². The van der Waals surface area contributed by atoms with Crippen LogP contribution in [-0.4, -0.2) is 28.3 Å². The van der Waals surface area contributed by atoms with Gasteiger partial charge in [0.2, 0.25) is 0 Å². The molecule has 0 bridgehead atoms. The van der Waals surface area contributed by atoms with E-state index in [0.717, 1.165) is 0 Å². The van der Waals surface area contributed by atoms with E-state index in [0.29, 0.717) is 0 Å². The first-order chi connectivity index (χ1) is 4.54. The predicted molar refractivity (Wildman–Crippen MR) is 24.9 cm³/mol. The molecule has 0 spiro atoms. The fourth-order valence-corrected chi connectivity index (χ4v) is 0.129. The molecule has 0 saturated carbocycles. The van der Waals surface area contributed by atoms with Gasteiger partial charge in [0.05, 0.1) is 0 Å². The Balaban J connectivity index is 0. The third-order valence-corrected chi connectivity index (χ3v) is 0.302. The summed E-state index contributed by atoms with van der Waals surface area (Å²) >= 11 is 0. The van der Waals surface area contributed by atoms with Gasteiger partial charge in [-0.3, -0.25) is 9.59 Å². The lowest BCUT2D eigenvalue weighted by Crippen LogP contribution is -2.03. The van der Waals surface area contributed by atoms with Crippen LogP contribution in [0.1, 0.15) is 6.42 Å². The molecular formula is C4H4O6. The van der Waals surface area contributed by atoms with Crippen molar-refractivity contribution >= 4 is 18.1 Å². The average molecular weight is 148 g/mol. The summed E-state index contributed by atoms with van der Waals surface area (Å²) in [6.45, 7) is 0. The molecular weight excluding hydrogens is 144 g/mol. The molecule has 0 aliphatic heterocycles. The monoisotopic (exact) mass is 148 g/mol. The number of carbonyl (C=O) groups is 2. The Morgan fingerprint density at radius 3 is 1.30 bits per heavy atom.